The number of rotatable bonds is 5. The van der Waals surface area contributed by atoms with Crippen LogP contribution >= 0.6 is 0 Å². The molecule has 0 fully saturated rings. The fourth-order valence-corrected chi connectivity index (χ4v) is 2.99. The van der Waals surface area contributed by atoms with E-state index in [1.54, 1.807) is 31.3 Å². The normalized spacial score (nSPS) is 11.7. The van der Waals surface area contributed by atoms with Crippen LogP contribution in [0.1, 0.15) is 25.0 Å². The van der Waals surface area contributed by atoms with Gasteiger partial charge in [-0.1, -0.05) is 29.8 Å². The van der Waals surface area contributed by atoms with E-state index in [1.807, 2.05) is 26.0 Å². The molecule has 1 aromatic heterocycles. The summed E-state index contributed by atoms with van der Waals surface area (Å²) in [4.78, 5) is 13.7. The van der Waals surface area contributed by atoms with E-state index < -0.39 is 0 Å². The quantitative estimate of drug-likeness (QED) is 0.578. The van der Waals surface area contributed by atoms with Gasteiger partial charge in [0.05, 0.1) is 12.9 Å². The summed E-state index contributed by atoms with van der Waals surface area (Å²) in [5.41, 5.74) is 5.86. The van der Waals surface area contributed by atoms with Gasteiger partial charge in [-0.05, 0) is 38.0 Å². The van der Waals surface area contributed by atoms with Crippen molar-refractivity contribution in [1.82, 2.24) is 4.90 Å². The van der Waals surface area contributed by atoms with E-state index in [9.17, 15) is 4.79 Å². The smallest absolute Gasteiger partial charge is 0.246 e. The van der Waals surface area contributed by atoms with Gasteiger partial charge in [0.1, 0.15) is 11.3 Å². The van der Waals surface area contributed by atoms with Crippen molar-refractivity contribution in [3.8, 4) is 16.9 Å². The predicted molar refractivity (Wildman–Crippen MR) is 110 cm³/mol. The standard InChI is InChI=1S/C23H25NO3/c1-6-26-21-13-22-19(12-18(21)16(3)11-23(25)24(4)5)20(14-27-22)17-9-7-15(2)8-10-17/h7-14H,6H2,1-5H3/b16-11+. The van der Waals surface area contributed by atoms with Crippen LogP contribution in [0.25, 0.3) is 27.7 Å². The number of furan rings is 1. The van der Waals surface area contributed by atoms with Crippen LogP contribution in [-0.2, 0) is 4.79 Å². The third kappa shape index (κ3) is 3.90. The molecule has 0 aliphatic rings. The molecule has 0 atom stereocenters. The molecule has 3 aromatic rings. The minimum absolute atomic E-state index is 0.0546. The van der Waals surface area contributed by atoms with Crippen molar-refractivity contribution >= 4 is 22.4 Å². The number of carbonyl (C=O) groups is 1. The molecule has 0 aliphatic heterocycles. The van der Waals surface area contributed by atoms with Gasteiger partial charge in [0.15, 0.2) is 0 Å². The van der Waals surface area contributed by atoms with Crippen LogP contribution in [0.3, 0.4) is 0 Å². The highest BCUT2D eigenvalue weighted by Crippen LogP contribution is 2.37. The highest BCUT2D eigenvalue weighted by atomic mass is 16.5. The maximum atomic E-state index is 12.1. The molecule has 0 N–H and O–H groups in total. The lowest BCUT2D eigenvalue weighted by molar-refractivity contribution is -0.123. The second-order valence-corrected chi connectivity index (χ2v) is 6.85. The Bertz CT molecular complexity index is 994. The van der Waals surface area contributed by atoms with Crippen molar-refractivity contribution in [2.45, 2.75) is 20.8 Å². The Morgan fingerprint density at radius 2 is 1.89 bits per heavy atom. The van der Waals surface area contributed by atoms with Gasteiger partial charge in [0, 0.05) is 42.8 Å². The minimum Gasteiger partial charge on any atom is -0.493 e. The predicted octanol–water partition coefficient (Wildman–Crippen LogP) is 5.30. The summed E-state index contributed by atoms with van der Waals surface area (Å²) < 4.78 is 11.6. The Balaban J connectivity index is 2.16. The fraction of sp³-hybridized carbons (Fsp3) is 0.261. The summed E-state index contributed by atoms with van der Waals surface area (Å²) in [7, 11) is 3.48. The molecule has 0 saturated heterocycles. The van der Waals surface area contributed by atoms with Crippen molar-refractivity contribution in [2.24, 2.45) is 0 Å². The minimum atomic E-state index is -0.0546. The zero-order valence-corrected chi connectivity index (χ0v) is 16.5. The molecular formula is C23H25NO3. The molecule has 140 valence electrons. The van der Waals surface area contributed by atoms with Gasteiger partial charge in [-0.15, -0.1) is 0 Å². The average molecular weight is 363 g/mol. The van der Waals surface area contributed by atoms with E-state index in [0.29, 0.717) is 6.61 Å². The second kappa shape index (κ2) is 7.70. The van der Waals surface area contributed by atoms with Gasteiger partial charge >= 0.3 is 0 Å². The SMILES string of the molecule is CCOc1cc2occ(-c3ccc(C)cc3)c2cc1/C(C)=C/C(=O)N(C)C. The molecule has 4 nitrogen and oxygen atoms in total. The summed E-state index contributed by atoms with van der Waals surface area (Å²) in [5.74, 6) is 0.663. The Morgan fingerprint density at radius 1 is 1.19 bits per heavy atom. The summed E-state index contributed by atoms with van der Waals surface area (Å²) >= 11 is 0. The molecule has 27 heavy (non-hydrogen) atoms. The average Bonchev–Trinajstić information content (AvgIpc) is 3.04. The van der Waals surface area contributed by atoms with Crippen molar-refractivity contribution in [1.29, 1.82) is 0 Å². The van der Waals surface area contributed by atoms with Gasteiger partial charge in [-0.2, -0.15) is 0 Å². The molecule has 0 radical (unpaired) electrons. The van der Waals surface area contributed by atoms with Crippen molar-refractivity contribution < 1.29 is 13.9 Å². The number of aryl methyl sites for hydroxylation is 1. The molecule has 1 heterocycles. The first kappa shape index (κ1) is 18.8. The highest BCUT2D eigenvalue weighted by Gasteiger charge is 2.15. The number of hydrogen-bond donors (Lipinski definition) is 0. The molecule has 0 aliphatic carbocycles. The van der Waals surface area contributed by atoms with E-state index in [0.717, 1.165) is 39.0 Å². The van der Waals surface area contributed by atoms with Crippen LogP contribution in [0.5, 0.6) is 5.75 Å². The Labute approximate surface area is 160 Å². The Morgan fingerprint density at radius 3 is 2.52 bits per heavy atom. The second-order valence-electron chi connectivity index (χ2n) is 6.85. The van der Waals surface area contributed by atoms with Gasteiger partial charge in [-0.3, -0.25) is 4.79 Å². The molecule has 4 heteroatoms. The van der Waals surface area contributed by atoms with Gasteiger partial charge in [0.2, 0.25) is 5.91 Å². The molecule has 3 rings (SSSR count). The number of likely N-dealkylation sites (N-methyl/N-ethyl adjacent to an activating group) is 1. The number of hydrogen-bond acceptors (Lipinski definition) is 3. The van der Waals surface area contributed by atoms with E-state index in [-0.39, 0.29) is 5.91 Å². The van der Waals surface area contributed by atoms with Gasteiger partial charge in [0.25, 0.3) is 0 Å². The molecule has 0 saturated carbocycles. The molecule has 0 unspecified atom stereocenters. The molecular weight excluding hydrogens is 338 g/mol. The summed E-state index contributed by atoms with van der Waals surface area (Å²) in [6.07, 6.45) is 3.41. The number of benzene rings is 2. The first-order valence-electron chi connectivity index (χ1n) is 9.05. The number of amides is 1. The zero-order valence-electron chi connectivity index (χ0n) is 16.5. The number of carbonyl (C=O) groups excluding carboxylic acids is 1. The van der Waals surface area contributed by atoms with E-state index in [1.165, 1.54) is 5.56 Å². The largest absolute Gasteiger partial charge is 0.493 e. The van der Waals surface area contributed by atoms with Crippen LogP contribution in [-0.4, -0.2) is 31.5 Å². The monoisotopic (exact) mass is 363 g/mol. The summed E-state index contributed by atoms with van der Waals surface area (Å²) in [6.45, 7) is 6.48. The van der Waals surface area contributed by atoms with Crippen molar-refractivity contribution in [2.75, 3.05) is 20.7 Å². The lowest BCUT2D eigenvalue weighted by Crippen LogP contribution is -2.19. The zero-order chi connectivity index (χ0) is 19.6. The first-order valence-corrected chi connectivity index (χ1v) is 9.05. The number of nitrogens with zero attached hydrogens (tertiary/aromatic N) is 1. The van der Waals surface area contributed by atoms with Crippen molar-refractivity contribution in [3.63, 3.8) is 0 Å². The Kier molecular flexibility index (Phi) is 5.36. The van der Waals surface area contributed by atoms with E-state index in [2.05, 4.69) is 31.2 Å². The maximum Gasteiger partial charge on any atom is 0.246 e. The van der Waals surface area contributed by atoms with Crippen molar-refractivity contribution in [3.05, 3.63) is 59.9 Å². The highest BCUT2D eigenvalue weighted by molar-refractivity contribution is 6.00. The topological polar surface area (TPSA) is 42.7 Å². The molecule has 0 spiro atoms. The van der Waals surface area contributed by atoms with Crippen LogP contribution in [0.4, 0.5) is 0 Å². The number of allylic oxidation sites excluding steroid dienone is 1. The van der Waals surface area contributed by atoms with E-state index in [4.69, 9.17) is 9.15 Å². The van der Waals surface area contributed by atoms with E-state index >= 15 is 0 Å². The lowest BCUT2D eigenvalue weighted by Gasteiger charge is -2.13. The Hall–Kier alpha value is -3.01. The van der Waals surface area contributed by atoms with Gasteiger partial charge in [-0.25, -0.2) is 0 Å². The number of ether oxygens (including phenoxy) is 1. The maximum absolute atomic E-state index is 12.1. The fourth-order valence-electron chi connectivity index (χ4n) is 2.99. The third-order valence-electron chi connectivity index (χ3n) is 4.54. The van der Waals surface area contributed by atoms with Crippen LogP contribution < -0.4 is 4.74 Å². The van der Waals surface area contributed by atoms with Gasteiger partial charge < -0.3 is 14.1 Å². The van der Waals surface area contributed by atoms with Crippen LogP contribution in [0, 0.1) is 6.92 Å². The lowest BCUT2D eigenvalue weighted by atomic mass is 9.98. The summed E-state index contributed by atoms with van der Waals surface area (Å²) in [5, 5.41) is 1.00. The van der Waals surface area contributed by atoms with Crippen LogP contribution in [0.2, 0.25) is 0 Å². The molecule has 2 aromatic carbocycles. The molecule has 1 amide bonds. The molecule has 0 bridgehead atoms. The third-order valence-corrected chi connectivity index (χ3v) is 4.54. The van der Waals surface area contributed by atoms with Crippen LogP contribution in [0.15, 0.2) is 53.2 Å². The summed E-state index contributed by atoms with van der Waals surface area (Å²) in [6, 6.07) is 12.3. The first-order chi connectivity index (χ1) is 12.9. The number of fused-ring (bicyclic) bond motifs is 1.